The van der Waals surface area contributed by atoms with Crippen LogP contribution < -0.4 is 10.2 Å². The fourth-order valence-corrected chi connectivity index (χ4v) is 2.09. The summed E-state index contributed by atoms with van der Waals surface area (Å²) in [5.74, 6) is -0.233. The first-order valence-electron chi connectivity index (χ1n) is 6.85. The van der Waals surface area contributed by atoms with Crippen molar-refractivity contribution in [2.24, 2.45) is 0 Å². The van der Waals surface area contributed by atoms with Gasteiger partial charge in [0.2, 0.25) is 0 Å². The van der Waals surface area contributed by atoms with Crippen LogP contribution in [0.1, 0.15) is 18.9 Å². The highest BCUT2D eigenvalue weighted by atomic mass is 19.1. The maximum absolute atomic E-state index is 13.3. The van der Waals surface area contributed by atoms with E-state index in [0.29, 0.717) is 0 Å². The average molecular weight is 273 g/mol. The smallest absolute Gasteiger partial charge is 0.125 e. The molecule has 2 aromatic rings. The van der Waals surface area contributed by atoms with Gasteiger partial charge in [0.25, 0.3) is 0 Å². The summed E-state index contributed by atoms with van der Waals surface area (Å²) in [6, 6.07) is 8.57. The zero-order valence-corrected chi connectivity index (χ0v) is 11.9. The third kappa shape index (κ3) is 3.54. The summed E-state index contributed by atoms with van der Waals surface area (Å²) in [5.41, 5.74) is 2.96. The molecule has 0 amide bonds. The van der Waals surface area contributed by atoms with Crippen LogP contribution in [0, 0.1) is 5.82 Å². The maximum atomic E-state index is 13.3. The Morgan fingerprint density at radius 2 is 2.15 bits per heavy atom. The van der Waals surface area contributed by atoms with Gasteiger partial charge in [0.15, 0.2) is 0 Å². The highest BCUT2D eigenvalue weighted by molar-refractivity contribution is 5.64. The van der Waals surface area contributed by atoms with Crippen LogP contribution in [-0.2, 0) is 6.54 Å². The number of rotatable bonds is 6. The molecule has 0 aliphatic heterocycles. The fraction of sp³-hybridized carbons (Fsp3) is 0.312. The first-order chi connectivity index (χ1) is 9.72. The molecule has 1 aromatic carbocycles. The molecule has 0 saturated heterocycles. The zero-order chi connectivity index (χ0) is 14.4. The zero-order valence-electron chi connectivity index (χ0n) is 11.9. The number of pyridine rings is 1. The molecule has 2 rings (SSSR count). The van der Waals surface area contributed by atoms with Crippen LogP contribution in [0.25, 0.3) is 0 Å². The van der Waals surface area contributed by atoms with Crippen LogP contribution in [0.15, 0.2) is 42.7 Å². The van der Waals surface area contributed by atoms with E-state index >= 15 is 0 Å². The van der Waals surface area contributed by atoms with E-state index in [0.717, 1.165) is 36.4 Å². The van der Waals surface area contributed by atoms with Gasteiger partial charge in [0.05, 0.1) is 11.9 Å². The summed E-state index contributed by atoms with van der Waals surface area (Å²) in [6.07, 6.45) is 4.69. The van der Waals surface area contributed by atoms with Gasteiger partial charge in [-0.1, -0.05) is 13.0 Å². The van der Waals surface area contributed by atoms with E-state index in [1.165, 1.54) is 12.1 Å². The third-order valence-electron chi connectivity index (χ3n) is 3.19. The molecule has 0 bridgehead atoms. The number of hydrogen-bond donors (Lipinski definition) is 1. The van der Waals surface area contributed by atoms with Crippen LogP contribution in [0.4, 0.5) is 15.8 Å². The molecule has 0 atom stereocenters. The molecular formula is C16H20FN3. The van der Waals surface area contributed by atoms with E-state index in [9.17, 15) is 4.39 Å². The Bertz CT molecular complexity index is 557. The van der Waals surface area contributed by atoms with Crippen LogP contribution >= 0.6 is 0 Å². The molecule has 1 N–H and O–H groups in total. The number of anilines is 2. The predicted molar refractivity (Wildman–Crippen MR) is 80.7 cm³/mol. The minimum absolute atomic E-state index is 0.233. The predicted octanol–water partition coefficient (Wildman–Crippen LogP) is 3.49. The molecule has 4 heteroatoms. The summed E-state index contributed by atoms with van der Waals surface area (Å²) in [6.45, 7) is 3.90. The van der Waals surface area contributed by atoms with Gasteiger partial charge >= 0.3 is 0 Å². The molecule has 0 aliphatic carbocycles. The molecule has 1 aromatic heterocycles. The molecule has 0 radical (unpaired) electrons. The summed E-state index contributed by atoms with van der Waals surface area (Å²) >= 11 is 0. The van der Waals surface area contributed by atoms with E-state index in [-0.39, 0.29) is 5.82 Å². The first-order valence-corrected chi connectivity index (χ1v) is 6.85. The lowest BCUT2D eigenvalue weighted by atomic mass is 10.2. The van der Waals surface area contributed by atoms with Crippen molar-refractivity contribution in [3.63, 3.8) is 0 Å². The van der Waals surface area contributed by atoms with Crippen molar-refractivity contribution < 1.29 is 4.39 Å². The molecule has 0 spiro atoms. The number of halogens is 1. The summed E-state index contributed by atoms with van der Waals surface area (Å²) in [5, 5.41) is 3.38. The SMILES string of the molecule is CCCNCc1ccncc1N(C)c1cccc(F)c1. The van der Waals surface area contributed by atoms with Crippen LogP contribution in [0.5, 0.6) is 0 Å². The van der Waals surface area contributed by atoms with Gasteiger partial charge < -0.3 is 10.2 Å². The highest BCUT2D eigenvalue weighted by Gasteiger charge is 2.09. The molecule has 1 heterocycles. The van der Waals surface area contributed by atoms with Crippen LogP contribution in [0.2, 0.25) is 0 Å². The normalized spacial score (nSPS) is 10.6. The molecular weight excluding hydrogens is 253 g/mol. The number of benzene rings is 1. The third-order valence-corrected chi connectivity index (χ3v) is 3.19. The number of aromatic nitrogens is 1. The topological polar surface area (TPSA) is 28.2 Å². The second-order valence-corrected chi connectivity index (χ2v) is 4.72. The fourth-order valence-electron chi connectivity index (χ4n) is 2.09. The van der Waals surface area contributed by atoms with Crippen molar-refractivity contribution in [1.29, 1.82) is 0 Å². The van der Waals surface area contributed by atoms with Gasteiger partial charge in [-0.15, -0.1) is 0 Å². The molecule has 106 valence electrons. The van der Waals surface area contributed by atoms with E-state index < -0.39 is 0 Å². The lowest BCUT2D eigenvalue weighted by Crippen LogP contribution is -2.18. The average Bonchev–Trinajstić information content (AvgIpc) is 2.47. The molecule has 0 saturated carbocycles. The Morgan fingerprint density at radius 3 is 2.90 bits per heavy atom. The Hall–Kier alpha value is -1.94. The Labute approximate surface area is 119 Å². The van der Waals surface area contributed by atoms with Gasteiger partial charge in [-0.3, -0.25) is 4.98 Å². The van der Waals surface area contributed by atoms with E-state index in [1.54, 1.807) is 12.3 Å². The number of hydrogen-bond acceptors (Lipinski definition) is 3. The second kappa shape index (κ2) is 7.01. The molecule has 0 aliphatic rings. The lowest BCUT2D eigenvalue weighted by molar-refractivity contribution is 0.628. The van der Waals surface area contributed by atoms with Gasteiger partial charge in [0, 0.05) is 25.5 Å². The minimum atomic E-state index is -0.233. The quantitative estimate of drug-likeness (QED) is 0.817. The van der Waals surface area contributed by atoms with Crippen LogP contribution in [-0.4, -0.2) is 18.6 Å². The van der Waals surface area contributed by atoms with Crippen molar-refractivity contribution in [2.75, 3.05) is 18.5 Å². The molecule has 0 unspecified atom stereocenters. The molecule has 3 nitrogen and oxygen atoms in total. The Balaban J connectivity index is 2.23. The van der Waals surface area contributed by atoms with Crippen molar-refractivity contribution in [2.45, 2.75) is 19.9 Å². The van der Waals surface area contributed by atoms with E-state index in [2.05, 4.69) is 17.2 Å². The van der Waals surface area contributed by atoms with Crippen molar-refractivity contribution in [3.05, 3.63) is 54.1 Å². The van der Waals surface area contributed by atoms with Gasteiger partial charge in [-0.05, 0) is 42.8 Å². The Kier molecular flexibility index (Phi) is 5.07. The summed E-state index contributed by atoms with van der Waals surface area (Å²) in [4.78, 5) is 6.14. The van der Waals surface area contributed by atoms with Crippen molar-refractivity contribution in [1.82, 2.24) is 10.3 Å². The summed E-state index contributed by atoms with van der Waals surface area (Å²) < 4.78 is 13.3. The number of nitrogens with zero attached hydrogens (tertiary/aromatic N) is 2. The molecule has 0 fully saturated rings. The van der Waals surface area contributed by atoms with Gasteiger partial charge in [-0.25, -0.2) is 4.39 Å². The second-order valence-electron chi connectivity index (χ2n) is 4.72. The number of nitrogens with one attached hydrogen (secondary N) is 1. The lowest BCUT2D eigenvalue weighted by Gasteiger charge is -2.22. The van der Waals surface area contributed by atoms with Crippen molar-refractivity contribution >= 4 is 11.4 Å². The van der Waals surface area contributed by atoms with E-state index in [4.69, 9.17) is 0 Å². The van der Waals surface area contributed by atoms with Gasteiger partial charge in [-0.2, -0.15) is 0 Å². The monoisotopic (exact) mass is 273 g/mol. The Morgan fingerprint density at radius 1 is 1.30 bits per heavy atom. The standard InChI is InChI=1S/C16H20FN3/c1-3-8-18-11-13-7-9-19-12-16(13)20(2)15-6-4-5-14(17)10-15/h4-7,9-10,12,18H,3,8,11H2,1-2H3. The van der Waals surface area contributed by atoms with Crippen molar-refractivity contribution in [3.8, 4) is 0 Å². The molecule has 20 heavy (non-hydrogen) atoms. The van der Waals surface area contributed by atoms with E-state index in [1.807, 2.05) is 30.3 Å². The minimum Gasteiger partial charge on any atom is -0.343 e. The highest BCUT2D eigenvalue weighted by Crippen LogP contribution is 2.26. The largest absolute Gasteiger partial charge is 0.343 e. The maximum Gasteiger partial charge on any atom is 0.125 e. The summed E-state index contributed by atoms with van der Waals surface area (Å²) in [7, 11) is 1.93. The van der Waals surface area contributed by atoms with Gasteiger partial charge in [0.1, 0.15) is 5.82 Å². The first kappa shape index (κ1) is 14.5. The van der Waals surface area contributed by atoms with Crippen LogP contribution in [0.3, 0.4) is 0 Å².